The summed E-state index contributed by atoms with van der Waals surface area (Å²) in [6, 6.07) is 25.7. The molecule has 5 aromatic rings. The van der Waals surface area contributed by atoms with E-state index in [2.05, 4.69) is 12.1 Å². The number of hydrogen-bond donors (Lipinski definition) is 1. The Hall–Kier alpha value is -4.32. The zero-order valence-electron chi connectivity index (χ0n) is 19.1. The van der Waals surface area contributed by atoms with E-state index < -0.39 is 0 Å². The number of aromatic hydroxyl groups is 1. The van der Waals surface area contributed by atoms with Crippen LogP contribution < -0.4 is 9.47 Å². The van der Waals surface area contributed by atoms with Crippen LogP contribution in [0, 0.1) is 0 Å². The molecule has 6 nitrogen and oxygen atoms in total. The fourth-order valence-corrected chi connectivity index (χ4v) is 4.01. The van der Waals surface area contributed by atoms with Gasteiger partial charge in [-0.25, -0.2) is 9.97 Å². The maximum Gasteiger partial charge on any atom is 0.219 e. The van der Waals surface area contributed by atoms with Crippen LogP contribution >= 0.6 is 0 Å². The summed E-state index contributed by atoms with van der Waals surface area (Å²) >= 11 is 0. The van der Waals surface area contributed by atoms with Crippen molar-refractivity contribution >= 4 is 5.65 Å². The Kier molecular flexibility index (Phi) is 5.87. The number of ether oxygens (including phenoxy) is 2. The van der Waals surface area contributed by atoms with Crippen LogP contribution in [0.25, 0.3) is 16.9 Å². The molecule has 0 aliphatic heterocycles. The highest BCUT2D eigenvalue weighted by molar-refractivity contribution is 5.64. The van der Waals surface area contributed by atoms with Gasteiger partial charge in [0.05, 0.1) is 25.6 Å². The summed E-state index contributed by atoms with van der Waals surface area (Å²) in [4.78, 5) is 9.76. The van der Waals surface area contributed by atoms with Crippen LogP contribution in [0.15, 0.2) is 85.1 Å². The predicted octanol–water partition coefficient (Wildman–Crippen LogP) is 5.30. The quantitative estimate of drug-likeness (QED) is 0.364. The molecule has 0 aliphatic carbocycles. The molecule has 0 amide bonds. The molecule has 1 N–H and O–H groups in total. The van der Waals surface area contributed by atoms with Gasteiger partial charge >= 0.3 is 0 Å². The monoisotopic (exact) mass is 451 g/mol. The van der Waals surface area contributed by atoms with Crippen molar-refractivity contribution in [1.82, 2.24) is 14.4 Å². The number of aromatic nitrogens is 3. The van der Waals surface area contributed by atoms with Gasteiger partial charge in [0.2, 0.25) is 5.88 Å². The number of hydrogen-bond acceptors (Lipinski definition) is 5. The third-order valence-corrected chi connectivity index (χ3v) is 5.85. The summed E-state index contributed by atoms with van der Waals surface area (Å²) in [5.74, 6) is 1.69. The van der Waals surface area contributed by atoms with E-state index >= 15 is 0 Å². The molecular formula is C28H25N3O3. The molecule has 0 saturated heterocycles. The first kappa shape index (κ1) is 21.5. The molecule has 2 aromatic heterocycles. The van der Waals surface area contributed by atoms with Crippen molar-refractivity contribution in [3.05, 3.63) is 108 Å². The lowest BCUT2D eigenvalue weighted by Crippen LogP contribution is -2.01. The Balaban J connectivity index is 1.60. The lowest BCUT2D eigenvalue weighted by atomic mass is 10.1. The second-order valence-corrected chi connectivity index (χ2v) is 8.06. The van der Waals surface area contributed by atoms with E-state index in [1.54, 1.807) is 18.6 Å². The van der Waals surface area contributed by atoms with Gasteiger partial charge in [0.25, 0.3) is 0 Å². The van der Waals surface area contributed by atoms with Gasteiger partial charge in [0, 0.05) is 24.6 Å². The molecule has 0 unspecified atom stereocenters. The Morgan fingerprint density at radius 3 is 1.94 bits per heavy atom. The summed E-state index contributed by atoms with van der Waals surface area (Å²) < 4.78 is 12.3. The summed E-state index contributed by atoms with van der Waals surface area (Å²) in [5, 5.41) is 11.1. The van der Waals surface area contributed by atoms with Crippen molar-refractivity contribution in [2.45, 2.75) is 12.8 Å². The minimum Gasteiger partial charge on any atom is -0.497 e. The number of fused-ring (bicyclic) bond motifs is 1. The summed E-state index contributed by atoms with van der Waals surface area (Å²) in [7, 11) is 3.29. The fourth-order valence-electron chi connectivity index (χ4n) is 4.01. The zero-order valence-corrected chi connectivity index (χ0v) is 19.1. The summed E-state index contributed by atoms with van der Waals surface area (Å²) in [6.45, 7) is 0. The van der Waals surface area contributed by atoms with Gasteiger partial charge in [-0.2, -0.15) is 0 Å². The highest BCUT2D eigenvalue weighted by Crippen LogP contribution is 2.29. The van der Waals surface area contributed by atoms with E-state index in [9.17, 15) is 5.11 Å². The van der Waals surface area contributed by atoms with Crippen LogP contribution in [0.3, 0.4) is 0 Å². The van der Waals surface area contributed by atoms with Crippen molar-refractivity contribution in [2.24, 2.45) is 0 Å². The van der Waals surface area contributed by atoms with Gasteiger partial charge in [-0.1, -0.05) is 42.5 Å². The molecule has 0 aliphatic rings. The number of nitrogens with zero attached hydrogens (tertiary/aromatic N) is 3. The Labute approximate surface area is 198 Å². The van der Waals surface area contributed by atoms with Gasteiger partial charge in [0.15, 0.2) is 5.65 Å². The molecule has 0 saturated carbocycles. The minimum absolute atomic E-state index is 0.122. The van der Waals surface area contributed by atoms with Crippen LogP contribution in [0.2, 0.25) is 0 Å². The van der Waals surface area contributed by atoms with E-state index in [0.29, 0.717) is 24.2 Å². The minimum atomic E-state index is 0.122. The highest BCUT2D eigenvalue weighted by atomic mass is 16.5. The van der Waals surface area contributed by atoms with E-state index in [1.165, 1.54) is 0 Å². The third-order valence-electron chi connectivity index (χ3n) is 5.85. The first-order valence-electron chi connectivity index (χ1n) is 11.1. The van der Waals surface area contributed by atoms with Crippen LogP contribution in [-0.4, -0.2) is 33.7 Å². The largest absolute Gasteiger partial charge is 0.497 e. The van der Waals surface area contributed by atoms with Gasteiger partial charge in [-0.15, -0.1) is 0 Å². The highest BCUT2D eigenvalue weighted by Gasteiger charge is 2.18. The lowest BCUT2D eigenvalue weighted by molar-refractivity contribution is 0.414. The maximum absolute atomic E-state index is 11.1. The van der Waals surface area contributed by atoms with E-state index in [4.69, 9.17) is 19.4 Å². The predicted molar refractivity (Wildman–Crippen MR) is 132 cm³/mol. The topological polar surface area (TPSA) is 68.9 Å². The smallest absolute Gasteiger partial charge is 0.219 e. The number of rotatable bonds is 7. The molecule has 0 radical (unpaired) electrons. The molecule has 0 bridgehead atoms. The van der Waals surface area contributed by atoms with Crippen LogP contribution in [0.1, 0.15) is 22.5 Å². The van der Waals surface area contributed by atoms with Gasteiger partial charge < -0.3 is 14.6 Å². The molecule has 0 fully saturated rings. The Bertz CT molecular complexity index is 1410. The van der Waals surface area contributed by atoms with Crippen LogP contribution in [-0.2, 0) is 12.8 Å². The summed E-state index contributed by atoms with van der Waals surface area (Å²) in [5.41, 5.74) is 5.91. The summed E-state index contributed by atoms with van der Waals surface area (Å²) in [6.07, 6.45) is 2.94. The van der Waals surface area contributed by atoms with E-state index in [1.807, 2.05) is 72.9 Å². The lowest BCUT2D eigenvalue weighted by Gasteiger charge is -2.09. The second kappa shape index (κ2) is 9.27. The molecular weight excluding hydrogens is 426 g/mol. The maximum atomic E-state index is 11.1. The Morgan fingerprint density at radius 1 is 0.706 bits per heavy atom. The average molecular weight is 452 g/mol. The number of benzene rings is 3. The van der Waals surface area contributed by atoms with Crippen molar-refractivity contribution < 1.29 is 14.6 Å². The normalized spacial score (nSPS) is 11.0. The van der Waals surface area contributed by atoms with Crippen molar-refractivity contribution in [3.8, 4) is 28.6 Å². The molecule has 6 heteroatoms. The molecule has 3 aromatic carbocycles. The molecule has 2 heterocycles. The standard InChI is InChI=1S/C28H25N3O3/c1-33-22-12-8-20(9-13-22)17-25-28(32)31-18-26(21-10-14-23(34-2)15-11-21)29-24(27(31)30-25)16-19-6-4-3-5-7-19/h3-15,18,32H,16-17H2,1-2H3. The first-order valence-corrected chi connectivity index (χ1v) is 11.1. The number of methoxy groups -OCH3 is 2. The van der Waals surface area contributed by atoms with Crippen molar-refractivity contribution in [2.75, 3.05) is 14.2 Å². The Morgan fingerprint density at radius 2 is 1.29 bits per heavy atom. The van der Waals surface area contributed by atoms with Gasteiger partial charge in [-0.3, -0.25) is 4.40 Å². The van der Waals surface area contributed by atoms with Crippen LogP contribution in [0.4, 0.5) is 0 Å². The first-order chi connectivity index (χ1) is 16.6. The third kappa shape index (κ3) is 4.30. The second-order valence-electron chi connectivity index (χ2n) is 8.06. The van der Waals surface area contributed by atoms with Crippen molar-refractivity contribution in [3.63, 3.8) is 0 Å². The van der Waals surface area contributed by atoms with E-state index in [0.717, 1.165) is 39.6 Å². The zero-order chi connectivity index (χ0) is 23.5. The average Bonchev–Trinajstić information content (AvgIpc) is 3.20. The molecule has 0 spiro atoms. The molecule has 170 valence electrons. The van der Waals surface area contributed by atoms with E-state index in [-0.39, 0.29) is 5.88 Å². The fraction of sp³-hybridized carbons (Fsp3) is 0.143. The number of imidazole rings is 1. The molecule has 5 rings (SSSR count). The van der Waals surface area contributed by atoms with Crippen molar-refractivity contribution in [1.29, 1.82) is 0 Å². The van der Waals surface area contributed by atoms with Crippen LogP contribution in [0.5, 0.6) is 17.4 Å². The molecule has 0 atom stereocenters. The van der Waals surface area contributed by atoms with Gasteiger partial charge in [0.1, 0.15) is 17.2 Å². The SMILES string of the molecule is COc1ccc(Cc2nc3c(Cc4ccccc4)nc(-c4ccc(OC)cc4)cn3c2O)cc1. The molecule has 34 heavy (non-hydrogen) atoms. The van der Waals surface area contributed by atoms with Gasteiger partial charge in [-0.05, 0) is 47.5 Å².